The molecule has 1 aliphatic heterocycles. The standard InChI is InChI=1S/C19H31N5O2/c1-22(2)17(25)11-20-19(21-16-10-13-3-4-14(16)9-13)23-7-8-24(15-5-6-15)18(26)12-23/h13-16H,3-12H2,1-2H3,(H,20,21). The third-order valence-corrected chi connectivity index (χ3v) is 6.46. The number of guanidine groups is 1. The van der Waals surface area contributed by atoms with Crippen LogP contribution in [0.25, 0.3) is 0 Å². The van der Waals surface area contributed by atoms with Gasteiger partial charge in [0.2, 0.25) is 11.8 Å². The first kappa shape index (κ1) is 17.6. The van der Waals surface area contributed by atoms with Gasteiger partial charge in [0.15, 0.2) is 5.96 Å². The number of hydrogen-bond acceptors (Lipinski definition) is 3. The Labute approximate surface area is 155 Å². The maximum atomic E-state index is 12.5. The second-order valence-electron chi connectivity index (χ2n) is 8.59. The average molecular weight is 361 g/mol. The molecular weight excluding hydrogens is 330 g/mol. The summed E-state index contributed by atoms with van der Waals surface area (Å²) in [6, 6.07) is 0.914. The molecule has 7 heteroatoms. The molecule has 0 spiro atoms. The Morgan fingerprint density at radius 2 is 2.00 bits per heavy atom. The van der Waals surface area contributed by atoms with Crippen LogP contribution in [0.15, 0.2) is 4.99 Å². The monoisotopic (exact) mass is 361 g/mol. The van der Waals surface area contributed by atoms with Crippen LogP contribution in [0, 0.1) is 11.8 Å². The van der Waals surface area contributed by atoms with Crippen molar-refractivity contribution in [3.63, 3.8) is 0 Å². The number of hydrogen-bond donors (Lipinski definition) is 1. The zero-order valence-corrected chi connectivity index (χ0v) is 16.0. The largest absolute Gasteiger partial charge is 0.353 e. The summed E-state index contributed by atoms with van der Waals surface area (Å²) in [6.45, 7) is 2.07. The number of aliphatic imine (C=N–C) groups is 1. The van der Waals surface area contributed by atoms with Crippen LogP contribution in [0.4, 0.5) is 0 Å². The summed E-state index contributed by atoms with van der Waals surface area (Å²) in [5, 5.41) is 3.63. The van der Waals surface area contributed by atoms with Gasteiger partial charge < -0.3 is 20.0 Å². The number of likely N-dealkylation sites (N-methyl/N-ethyl adjacent to an activating group) is 1. The van der Waals surface area contributed by atoms with Gasteiger partial charge in [0.1, 0.15) is 6.54 Å². The van der Waals surface area contributed by atoms with E-state index in [0.29, 0.717) is 18.6 Å². The quantitative estimate of drug-likeness (QED) is 0.585. The summed E-state index contributed by atoms with van der Waals surface area (Å²) in [4.78, 5) is 34.8. The summed E-state index contributed by atoms with van der Waals surface area (Å²) >= 11 is 0. The molecule has 3 atom stereocenters. The fraction of sp³-hybridized carbons (Fsp3) is 0.842. The van der Waals surface area contributed by atoms with Crippen LogP contribution < -0.4 is 5.32 Å². The van der Waals surface area contributed by atoms with E-state index in [-0.39, 0.29) is 18.4 Å². The van der Waals surface area contributed by atoms with Gasteiger partial charge in [-0.1, -0.05) is 6.42 Å². The fourth-order valence-electron chi connectivity index (χ4n) is 4.75. The predicted molar refractivity (Wildman–Crippen MR) is 99.7 cm³/mol. The normalized spacial score (nSPS) is 31.5. The minimum Gasteiger partial charge on any atom is -0.353 e. The van der Waals surface area contributed by atoms with E-state index in [1.807, 2.05) is 4.90 Å². The molecule has 3 unspecified atom stereocenters. The SMILES string of the molecule is CN(C)C(=O)CN=C(NC1CC2CCC1C2)N1CCN(C2CC2)C(=O)C1. The molecule has 1 heterocycles. The van der Waals surface area contributed by atoms with Crippen molar-refractivity contribution >= 4 is 17.8 Å². The molecule has 4 aliphatic rings. The van der Waals surface area contributed by atoms with Crippen molar-refractivity contribution in [2.75, 3.05) is 40.3 Å². The van der Waals surface area contributed by atoms with E-state index in [2.05, 4.69) is 15.2 Å². The molecule has 2 bridgehead atoms. The first-order valence-electron chi connectivity index (χ1n) is 10.1. The highest BCUT2D eigenvalue weighted by Gasteiger charge is 2.41. The number of piperazine rings is 1. The minimum atomic E-state index is -0.0137. The number of nitrogens with one attached hydrogen (secondary N) is 1. The number of rotatable bonds is 4. The topological polar surface area (TPSA) is 68.2 Å². The Balaban J connectivity index is 1.44. The highest BCUT2D eigenvalue weighted by atomic mass is 16.2. The summed E-state index contributed by atoms with van der Waals surface area (Å²) in [5.41, 5.74) is 0. The molecule has 0 aromatic heterocycles. The summed E-state index contributed by atoms with van der Waals surface area (Å²) in [6.07, 6.45) is 7.45. The van der Waals surface area contributed by atoms with Crippen LogP contribution in [-0.2, 0) is 9.59 Å². The maximum absolute atomic E-state index is 12.5. The molecule has 0 radical (unpaired) electrons. The van der Waals surface area contributed by atoms with E-state index in [9.17, 15) is 9.59 Å². The van der Waals surface area contributed by atoms with Crippen LogP contribution in [0.3, 0.4) is 0 Å². The van der Waals surface area contributed by atoms with Gasteiger partial charge in [-0.3, -0.25) is 9.59 Å². The van der Waals surface area contributed by atoms with Crippen LogP contribution in [0.2, 0.25) is 0 Å². The van der Waals surface area contributed by atoms with Crippen molar-refractivity contribution in [2.45, 2.75) is 50.6 Å². The molecule has 0 aromatic carbocycles. The van der Waals surface area contributed by atoms with E-state index >= 15 is 0 Å². The number of fused-ring (bicyclic) bond motifs is 2. The van der Waals surface area contributed by atoms with Gasteiger partial charge in [-0.15, -0.1) is 0 Å². The Morgan fingerprint density at radius 3 is 2.58 bits per heavy atom. The van der Waals surface area contributed by atoms with Gasteiger partial charge in [0.05, 0.1) is 6.54 Å². The highest BCUT2D eigenvalue weighted by Crippen LogP contribution is 2.44. The lowest BCUT2D eigenvalue weighted by Crippen LogP contribution is -2.57. The second kappa shape index (κ2) is 7.08. The zero-order chi connectivity index (χ0) is 18.3. The van der Waals surface area contributed by atoms with E-state index in [1.54, 1.807) is 19.0 Å². The Hall–Kier alpha value is -1.79. The van der Waals surface area contributed by atoms with Crippen LogP contribution in [-0.4, -0.2) is 84.8 Å². The molecular formula is C19H31N5O2. The molecule has 1 N–H and O–H groups in total. The molecule has 2 amide bonds. The van der Waals surface area contributed by atoms with Gasteiger partial charge in [-0.2, -0.15) is 0 Å². The first-order chi connectivity index (χ1) is 12.5. The van der Waals surface area contributed by atoms with Gasteiger partial charge in [-0.05, 0) is 43.9 Å². The number of nitrogens with zero attached hydrogens (tertiary/aromatic N) is 4. The molecule has 144 valence electrons. The summed E-state index contributed by atoms with van der Waals surface area (Å²) < 4.78 is 0. The van der Waals surface area contributed by atoms with Gasteiger partial charge >= 0.3 is 0 Å². The first-order valence-corrected chi connectivity index (χ1v) is 10.1. The van der Waals surface area contributed by atoms with Crippen molar-refractivity contribution in [2.24, 2.45) is 16.8 Å². The van der Waals surface area contributed by atoms with Crippen LogP contribution in [0.1, 0.15) is 38.5 Å². The summed E-state index contributed by atoms with van der Waals surface area (Å²) in [7, 11) is 3.50. The van der Waals surface area contributed by atoms with Gasteiger partial charge in [0, 0.05) is 39.3 Å². The van der Waals surface area contributed by atoms with E-state index < -0.39 is 0 Å². The third-order valence-electron chi connectivity index (χ3n) is 6.46. The lowest BCUT2D eigenvalue weighted by Gasteiger charge is -2.38. The average Bonchev–Trinajstić information content (AvgIpc) is 3.24. The van der Waals surface area contributed by atoms with Gasteiger partial charge in [0.25, 0.3) is 0 Å². The number of amides is 2. The molecule has 4 fully saturated rings. The van der Waals surface area contributed by atoms with Crippen molar-refractivity contribution < 1.29 is 9.59 Å². The van der Waals surface area contributed by atoms with Gasteiger partial charge in [-0.25, -0.2) is 4.99 Å². The Morgan fingerprint density at radius 1 is 1.19 bits per heavy atom. The van der Waals surface area contributed by atoms with Crippen LogP contribution >= 0.6 is 0 Å². The van der Waals surface area contributed by atoms with Crippen molar-refractivity contribution in [1.29, 1.82) is 0 Å². The number of carbonyl (C=O) groups excluding carboxylic acids is 2. The Bertz CT molecular complexity index is 601. The van der Waals surface area contributed by atoms with E-state index in [4.69, 9.17) is 0 Å². The number of carbonyl (C=O) groups is 2. The smallest absolute Gasteiger partial charge is 0.243 e. The summed E-state index contributed by atoms with van der Waals surface area (Å²) in [5.74, 6) is 2.50. The minimum absolute atomic E-state index is 0.0137. The molecule has 26 heavy (non-hydrogen) atoms. The Kier molecular flexibility index (Phi) is 4.80. The molecule has 3 aliphatic carbocycles. The molecule has 0 aromatic rings. The fourth-order valence-corrected chi connectivity index (χ4v) is 4.75. The van der Waals surface area contributed by atoms with E-state index in [1.165, 1.54) is 25.7 Å². The maximum Gasteiger partial charge on any atom is 0.243 e. The third kappa shape index (κ3) is 3.67. The lowest BCUT2D eigenvalue weighted by atomic mass is 9.95. The second-order valence-corrected chi connectivity index (χ2v) is 8.59. The van der Waals surface area contributed by atoms with Crippen molar-refractivity contribution in [3.05, 3.63) is 0 Å². The molecule has 3 saturated carbocycles. The van der Waals surface area contributed by atoms with Crippen molar-refractivity contribution in [3.8, 4) is 0 Å². The van der Waals surface area contributed by atoms with E-state index in [0.717, 1.165) is 43.7 Å². The lowest BCUT2D eigenvalue weighted by molar-refractivity contribution is -0.135. The predicted octanol–water partition coefficient (Wildman–Crippen LogP) is 0.515. The molecule has 1 saturated heterocycles. The molecule has 7 nitrogen and oxygen atoms in total. The zero-order valence-electron chi connectivity index (χ0n) is 16.0. The van der Waals surface area contributed by atoms with Crippen molar-refractivity contribution in [1.82, 2.24) is 20.0 Å². The molecule has 4 rings (SSSR count). The van der Waals surface area contributed by atoms with Crippen LogP contribution in [0.5, 0.6) is 0 Å². The highest BCUT2D eigenvalue weighted by molar-refractivity contribution is 5.89.